The zero-order valence-electron chi connectivity index (χ0n) is 13.7. The van der Waals surface area contributed by atoms with E-state index in [0.29, 0.717) is 24.6 Å². The standard InChI is InChI=1S/C16H25N3O3S/c1-17-10-7-13-8-11-19(12-9-13)23(21,22)15-5-3-14(4-6-15)16(20)18-2/h3-6,13,17H,7-12H2,1-2H3,(H,18,20). The second-order valence-electron chi connectivity index (χ2n) is 5.84. The predicted octanol–water partition coefficient (Wildman–Crippen LogP) is 1.06. The van der Waals surface area contributed by atoms with Crippen LogP contribution in [0, 0.1) is 5.92 Å². The number of nitrogens with one attached hydrogen (secondary N) is 2. The van der Waals surface area contributed by atoms with Gasteiger partial charge in [0.15, 0.2) is 0 Å². The monoisotopic (exact) mass is 339 g/mol. The Bertz CT molecular complexity index is 620. The number of hydrogen-bond donors (Lipinski definition) is 2. The van der Waals surface area contributed by atoms with E-state index >= 15 is 0 Å². The van der Waals surface area contributed by atoms with Crippen molar-refractivity contribution in [3.63, 3.8) is 0 Å². The molecule has 1 heterocycles. The molecule has 1 aromatic rings. The van der Waals surface area contributed by atoms with Crippen molar-refractivity contribution in [2.24, 2.45) is 5.92 Å². The van der Waals surface area contributed by atoms with E-state index in [4.69, 9.17) is 0 Å². The van der Waals surface area contributed by atoms with Gasteiger partial charge in [0.25, 0.3) is 5.91 Å². The van der Waals surface area contributed by atoms with Crippen molar-refractivity contribution >= 4 is 15.9 Å². The van der Waals surface area contributed by atoms with E-state index in [1.165, 1.54) is 12.1 Å². The normalized spacial score (nSPS) is 17.1. The highest BCUT2D eigenvalue weighted by molar-refractivity contribution is 7.89. The quantitative estimate of drug-likeness (QED) is 0.812. The van der Waals surface area contributed by atoms with Gasteiger partial charge in [0.2, 0.25) is 10.0 Å². The summed E-state index contributed by atoms with van der Waals surface area (Å²) in [5, 5.41) is 5.66. The summed E-state index contributed by atoms with van der Waals surface area (Å²) in [7, 11) is 0.0103. The summed E-state index contributed by atoms with van der Waals surface area (Å²) in [6.07, 6.45) is 2.89. The lowest BCUT2D eigenvalue weighted by atomic mass is 9.95. The Kier molecular flexibility index (Phi) is 6.15. The molecular formula is C16H25N3O3S. The Morgan fingerprint density at radius 2 is 1.78 bits per heavy atom. The van der Waals surface area contributed by atoms with Gasteiger partial charge in [-0.1, -0.05) is 0 Å². The summed E-state index contributed by atoms with van der Waals surface area (Å²) >= 11 is 0. The number of hydrogen-bond acceptors (Lipinski definition) is 4. The maximum absolute atomic E-state index is 12.7. The highest BCUT2D eigenvalue weighted by atomic mass is 32.2. The van der Waals surface area contributed by atoms with Crippen LogP contribution in [0.2, 0.25) is 0 Å². The summed E-state index contributed by atoms with van der Waals surface area (Å²) < 4.78 is 26.9. The Morgan fingerprint density at radius 1 is 1.17 bits per heavy atom. The molecule has 7 heteroatoms. The molecule has 1 aliphatic rings. The molecule has 0 saturated carbocycles. The first kappa shape index (κ1) is 17.9. The number of carbonyl (C=O) groups is 1. The lowest BCUT2D eigenvalue weighted by Crippen LogP contribution is -2.38. The fraction of sp³-hybridized carbons (Fsp3) is 0.562. The van der Waals surface area contributed by atoms with Crippen molar-refractivity contribution in [1.82, 2.24) is 14.9 Å². The van der Waals surface area contributed by atoms with Crippen LogP contribution >= 0.6 is 0 Å². The van der Waals surface area contributed by atoms with Gasteiger partial charge in [0.1, 0.15) is 0 Å². The first-order valence-corrected chi connectivity index (χ1v) is 9.40. The van der Waals surface area contributed by atoms with E-state index in [1.54, 1.807) is 23.5 Å². The summed E-state index contributed by atoms with van der Waals surface area (Å²) in [6, 6.07) is 6.11. The number of piperidine rings is 1. The maximum atomic E-state index is 12.7. The Hall–Kier alpha value is -1.44. The molecule has 128 valence electrons. The molecule has 0 aliphatic carbocycles. The molecule has 1 saturated heterocycles. The number of nitrogens with zero attached hydrogens (tertiary/aromatic N) is 1. The number of sulfonamides is 1. The second kappa shape index (κ2) is 7.90. The lowest BCUT2D eigenvalue weighted by Gasteiger charge is -2.31. The molecule has 0 bridgehead atoms. The molecule has 0 spiro atoms. The first-order chi connectivity index (χ1) is 11.0. The van der Waals surface area contributed by atoms with Gasteiger partial charge in [-0.3, -0.25) is 4.79 Å². The fourth-order valence-corrected chi connectivity index (χ4v) is 4.33. The highest BCUT2D eigenvalue weighted by Gasteiger charge is 2.29. The molecule has 1 aliphatic heterocycles. The van der Waals surface area contributed by atoms with Crippen molar-refractivity contribution in [1.29, 1.82) is 0 Å². The van der Waals surface area contributed by atoms with Crippen LogP contribution in [0.25, 0.3) is 0 Å². The van der Waals surface area contributed by atoms with Gasteiger partial charge in [-0.15, -0.1) is 0 Å². The summed E-state index contributed by atoms with van der Waals surface area (Å²) in [4.78, 5) is 11.8. The van der Waals surface area contributed by atoms with Gasteiger partial charge >= 0.3 is 0 Å². The minimum absolute atomic E-state index is 0.223. The van der Waals surface area contributed by atoms with Crippen molar-refractivity contribution in [3.8, 4) is 0 Å². The third kappa shape index (κ3) is 4.31. The van der Waals surface area contributed by atoms with Crippen molar-refractivity contribution in [2.75, 3.05) is 33.7 Å². The van der Waals surface area contributed by atoms with E-state index in [1.807, 2.05) is 7.05 Å². The van der Waals surface area contributed by atoms with Gasteiger partial charge < -0.3 is 10.6 Å². The predicted molar refractivity (Wildman–Crippen MR) is 89.9 cm³/mol. The maximum Gasteiger partial charge on any atom is 0.251 e. The molecule has 1 amide bonds. The number of rotatable bonds is 6. The molecular weight excluding hydrogens is 314 g/mol. The number of benzene rings is 1. The highest BCUT2D eigenvalue weighted by Crippen LogP contribution is 2.25. The number of carbonyl (C=O) groups excluding carboxylic acids is 1. The molecule has 2 rings (SSSR count). The largest absolute Gasteiger partial charge is 0.355 e. The smallest absolute Gasteiger partial charge is 0.251 e. The molecule has 1 aromatic carbocycles. The van der Waals surface area contributed by atoms with Crippen molar-refractivity contribution < 1.29 is 13.2 Å². The summed E-state index contributed by atoms with van der Waals surface area (Å²) in [6.45, 7) is 2.10. The fourth-order valence-electron chi connectivity index (χ4n) is 2.86. The van der Waals surface area contributed by atoms with Crippen molar-refractivity contribution in [2.45, 2.75) is 24.2 Å². The lowest BCUT2D eigenvalue weighted by molar-refractivity contribution is 0.0963. The topological polar surface area (TPSA) is 78.5 Å². The van der Waals surface area contributed by atoms with E-state index < -0.39 is 10.0 Å². The third-order valence-corrected chi connectivity index (χ3v) is 6.27. The van der Waals surface area contributed by atoms with Crippen LogP contribution < -0.4 is 10.6 Å². The zero-order valence-corrected chi connectivity index (χ0v) is 14.5. The zero-order chi connectivity index (χ0) is 16.9. The first-order valence-electron chi connectivity index (χ1n) is 7.96. The molecule has 2 N–H and O–H groups in total. The minimum atomic E-state index is -3.47. The van der Waals surface area contributed by atoms with Crippen LogP contribution in [-0.2, 0) is 10.0 Å². The molecule has 1 fully saturated rings. The van der Waals surface area contributed by atoms with E-state index in [2.05, 4.69) is 10.6 Å². The van der Waals surface area contributed by atoms with Gasteiger partial charge in [-0.2, -0.15) is 4.31 Å². The van der Waals surface area contributed by atoms with Crippen LogP contribution in [0.15, 0.2) is 29.2 Å². The second-order valence-corrected chi connectivity index (χ2v) is 7.78. The number of amides is 1. The average Bonchev–Trinajstić information content (AvgIpc) is 2.59. The Morgan fingerprint density at radius 3 is 2.30 bits per heavy atom. The van der Waals surface area contributed by atoms with Crippen LogP contribution in [-0.4, -0.2) is 52.4 Å². The molecule has 23 heavy (non-hydrogen) atoms. The Labute approximate surface area is 138 Å². The van der Waals surface area contributed by atoms with Crippen LogP contribution in [0.1, 0.15) is 29.6 Å². The van der Waals surface area contributed by atoms with Gasteiger partial charge in [0.05, 0.1) is 4.90 Å². The van der Waals surface area contributed by atoms with Crippen LogP contribution in [0.4, 0.5) is 0 Å². The van der Waals surface area contributed by atoms with Gasteiger partial charge in [0, 0.05) is 25.7 Å². The molecule has 0 unspecified atom stereocenters. The van der Waals surface area contributed by atoms with Gasteiger partial charge in [-0.25, -0.2) is 8.42 Å². The Balaban J connectivity index is 2.03. The SMILES string of the molecule is CNCCC1CCN(S(=O)(=O)c2ccc(C(=O)NC)cc2)CC1. The van der Waals surface area contributed by atoms with Crippen LogP contribution in [0.3, 0.4) is 0 Å². The summed E-state index contributed by atoms with van der Waals surface area (Å²) in [5.74, 6) is 0.365. The van der Waals surface area contributed by atoms with Gasteiger partial charge in [-0.05, 0) is 63.0 Å². The average molecular weight is 339 g/mol. The third-order valence-electron chi connectivity index (χ3n) is 4.36. The molecule has 0 radical (unpaired) electrons. The molecule has 6 nitrogen and oxygen atoms in total. The molecule has 0 atom stereocenters. The summed E-state index contributed by atoms with van der Waals surface area (Å²) in [5.41, 5.74) is 0.456. The van der Waals surface area contributed by atoms with Crippen LogP contribution in [0.5, 0.6) is 0 Å². The van der Waals surface area contributed by atoms with E-state index in [0.717, 1.165) is 25.8 Å². The van der Waals surface area contributed by atoms with Crippen molar-refractivity contribution in [3.05, 3.63) is 29.8 Å². The molecule has 0 aromatic heterocycles. The van der Waals surface area contributed by atoms with E-state index in [9.17, 15) is 13.2 Å². The minimum Gasteiger partial charge on any atom is -0.355 e. The van der Waals surface area contributed by atoms with E-state index in [-0.39, 0.29) is 10.8 Å².